The number of rotatable bonds is 5. The molecule has 1 aromatic carbocycles. The van der Waals surface area contributed by atoms with E-state index in [-0.39, 0.29) is 5.91 Å². The van der Waals surface area contributed by atoms with Gasteiger partial charge < -0.3 is 15.6 Å². The van der Waals surface area contributed by atoms with Gasteiger partial charge in [0, 0.05) is 30.3 Å². The van der Waals surface area contributed by atoms with E-state index in [9.17, 15) is 4.79 Å². The number of carbonyl (C=O) groups is 1. The number of nitrogens with two attached hydrogens (primary N) is 1. The summed E-state index contributed by atoms with van der Waals surface area (Å²) in [4.78, 5) is 12.2. The molecule has 0 unspecified atom stereocenters. The Kier molecular flexibility index (Phi) is 4.98. The van der Waals surface area contributed by atoms with Crippen LogP contribution < -0.4 is 11.1 Å². The topological polar surface area (TPSA) is 60.0 Å². The van der Waals surface area contributed by atoms with Crippen LogP contribution >= 0.6 is 15.9 Å². The number of amides is 1. The van der Waals surface area contributed by atoms with E-state index < -0.39 is 0 Å². The molecule has 2 rings (SSSR count). The van der Waals surface area contributed by atoms with Crippen LogP contribution in [0.15, 0.2) is 41.0 Å². The van der Waals surface area contributed by atoms with Gasteiger partial charge in [0.25, 0.3) is 5.91 Å². The van der Waals surface area contributed by atoms with Crippen molar-refractivity contribution in [3.63, 3.8) is 0 Å². The number of carbonyl (C=O) groups excluding carboxylic acids is 1. The van der Waals surface area contributed by atoms with E-state index in [1.807, 2.05) is 48.0 Å². The molecule has 2 aromatic rings. The van der Waals surface area contributed by atoms with Crippen molar-refractivity contribution in [1.82, 2.24) is 9.88 Å². The maximum absolute atomic E-state index is 12.2. The Morgan fingerprint density at radius 3 is 2.70 bits per heavy atom. The second-order valence-electron chi connectivity index (χ2n) is 4.49. The van der Waals surface area contributed by atoms with E-state index >= 15 is 0 Å². The molecular weight excluding hydrogens is 318 g/mol. The summed E-state index contributed by atoms with van der Waals surface area (Å²) >= 11 is 3.39. The molecule has 0 radical (unpaired) electrons. The number of aromatic nitrogens is 1. The van der Waals surface area contributed by atoms with Crippen LogP contribution in [0.2, 0.25) is 0 Å². The van der Waals surface area contributed by atoms with Crippen molar-refractivity contribution in [1.29, 1.82) is 0 Å². The van der Waals surface area contributed by atoms with Crippen molar-refractivity contribution in [2.45, 2.75) is 26.6 Å². The number of nitrogens with one attached hydrogen (secondary N) is 1. The summed E-state index contributed by atoms with van der Waals surface area (Å²) in [7, 11) is 0. The highest BCUT2D eigenvalue weighted by molar-refractivity contribution is 9.10. The Hall–Kier alpha value is -1.59. The molecule has 5 heteroatoms. The van der Waals surface area contributed by atoms with Crippen molar-refractivity contribution in [3.05, 3.63) is 57.8 Å². The molecule has 3 N–H and O–H groups in total. The molecule has 0 bridgehead atoms. The van der Waals surface area contributed by atoms with Gasteiger partial charge in [0.1, 0.15) is 5.69 Å². The molecule has 1 aromatic heterocycles. The third-order valence-electron chi connectivity index (χ3n) is 3.21. The van der Waals surface area contributed by atoms with Gasteiger partial charge in [0.2, 0.25) is 0 Å². The smallest absolute Gasteiger partial charge is 0.268 e. The summed E-state index contributed by atoms with van der Waals surface area (Å²) in [6.07, 6.45) is 1.91. The molecule has 1 amide bonds. The van der Waals surface area contributed by atoms with Crippen LogP contribution in [0.25, 0.3) is 0 Å². The standard InChI is InChI=1S/C15H18BrN3O/c1-2-19-10-13(16)7-14(19)15(20)18-9-12-6-4-3-5-11(12)8-17/h3-7,10H,2,8-9,17H2,1H3,(H,18,20). The zero-order valence-electron chi connectivity index (χ0n) is 11.4. The maximum atomic E-state index is 12.2. The first-order valence-corrected chi connectivity index (χ1v) is 7.35. The quantitative estimate of drug-likeness (QED) is 0.882. The number of hydrogen-bond acceptors (Lipinski definition) is 2. The highest BCUT2D eigenvalue weighted by atomic mass is 79.9. The fraction of sp³-hybridized carbons (Fsp3) is 0.267. The van der Waals surface area contributed by atoms with Crippen molar-refractivity contribution in [3.8, 4) is 0 Å². The predicted octanol–water partition coefficient (Wildman–Crippen LogP) is 2.66. The van der Waals surface area contributed by atoms with Gasteiger partial charge in [-0.2, -0.15) is 0 Å². The lowest BCUT2D eigenvalue weighted by Crippen LogP contribution is -2.25. The first kappa shape index (κ1) is 14.8. The largest absolute Gasteiger partial charge is 0.347 e. The average Bonchev–Trinajstić information content (AvgIpc) is 2.86. The first-order valence-electron chi connectivity index (χ1n) is 6.56. The maximum Gasteiger partial charge on any atom is 0.268 e. The second kappa shape index (κ2) is 6.72. The monoisotopic (exact) mass is 335 g/mol. The van der Waals surface area contributed by atoms with Gasteiger partial charge >= 0.3 is 0 Å². The van der Waals surface area contributed by atoms with Crippen LogP contribution in [0.1, 0.15) is 28.5 Å². The lowest BCUT2D eigenvalue weighted by Gasteiger charge is -2.10. The number of aryl methyl sites for hydroxylation is 1. The zero-order valence-corrected chi connectivity index (χ0v) is 13.0. The molecule has 0 aliphatic carbocycles. The van der Waals surface area contributed by atoms with Gasteiger partial charge in [-0.05, 0) is 40.0 Å². The number of benzene rings is 1. The van der Waals surface area contributed by atoms with E-state index in [4.69, 9.17) is 5.73 Å². The average molecular weight is 336 g/mol. The van der Waals surface area contributed by atoms with Gasteiger partial charge in [-0.25, -0.2) is 0 Å². The third kappa shape index (κ3) is 3.29. The minimum absolute atomic E-state index is 0.0793. The fourth-order valence-electron chi connectivity index (χ4n) is 2.12. The van der Waals surface area contributed by atoms with E-state index in [0.717, 1.165) is 22.1 Å². The van der Waals surface area contributed by atoms with Gasteiger partial charge in [0.15, 0.2) is 0 Å². The predicted molar refractivity (Wildman–Crippen MR) is 83.3 cm³/mol. The number of hydrogen-bond donors (Lipinski definition) is 2. The van der Waals surface area contributed by atoms with Crippen LogP contribution in [0.5, 0.6) is 0 Å². The van der Waals surface area contributed by atoms with E-state index in [1.165, 1.54) is 0 Å². The van der Waals surface area contributed by atoms with Crippen LogP contribution in [0, 0.1) is 0 Å². The van der Waals surface area contributed by atoms with E-state index in [2.05, 4.69) is 21.2 Å². The summed E-state index contributed by atoms with van der Waals surface area (Å²) in [5.41, 5.74) is 8.46. The Balaban J connectivity index is 2.08. The molecule has 0 aliphatic rings. The Bertz CT molecular complexity index is 607. The fourth-order valence-corrected chi connectivity index (χ4v) is 2.59. The molecule has 0 spiro atoms. The van der Waals surface area contributed by atoms with Gasteiger partial charge in [-0.3, -0.25) is 4.79 Å². The van der Waals surface area contributed by atoms with Crippen LogP contribution in [0.4, 0.5) is 0 Å². The summed E-state index contributed by atoms with van der Waals surface area (Å²) in [5, 5.41) is 2.94. The number of halogens is 1. The van der Waals surface area contributed by atoms with Gasteiger partial charge in [-0.1, -0.05) is 24.3 Å². The van der Waals surface area contributed by atoms with Crippen molar-refractivity contribution in [2.75, 3.05) is 0 Å². The van der Waals surface area contributed by atoms with E-state index in [1.54, 1.807) is 0 Å². The molecule has 0 saturated carbocycles. The molecule has 4 nitrogen and oxygen atoms in total. The Labute approximate surface area is 127 Å². The minimum Gasteiger partial charge on any atom is -0.347 e. The third-order valence-corrected chi connectivity index (χ3v) is 3.65. The normalized spacial score (nSPS) is 10.6. The molecule has 106 valence electrons. The summed E-state index contributed by atoms with van der Waals surface area (Å²) in [6, 6.07) is 9.69. The van der Waals surface area contributed by atoms with Crippen molar-refractivity contribution >= 4 is 21.8 Å². The van der Waals surface area contributed by atoms with Crippen LogP contribution in [-0.4, -0.2) is 10.5 Å². The molecule has 0 atom stereocenters. The molecule has 0 fully saturated rings. The lowest BCUT2D eigenvalue weighted by molar-refractivity contribution is 0.0941. The highest BCUT2D eigenvalue weighted by Crippen LogP contribution is 2.15. The Morgan fingerprint density at radius 1 is 1.35 bits per heavy atom. The second-order valence-corrected chi connectivity index (χ2v) is 5.40. The van der Waals surface area contributed by atoms with Crippen molar-refractivity contribution in [2.24, 2.45) is 5.73 Å². The van der Waals surface area contributed by atoms with Gasteiger partial charge in [-0.15, -0.1) is 0 Å². The molecule has 1 heterocycles. The van der Waals surface area contributed by atoms with Gasteiger partial charge in [0.05, 0.1) is 0 Å². The first-order chi connectivity index (χ1) is 9.65. The number of nitrogens with zero attached hydrogens (tertiary/aromatic N) is 1. The zero-order chi connectivity index (χ0) is 14.5. The molecular formula is C15H18BrN3O. The minimum atomic E-state index is -0.0793. The van der Waals surface area contributed by atoms with E-state index in [0.29, 0.717) is 18.8 Å². The Morgan fingerprint density at radius 2 is 2.05 bits per heavy atom. The van der Waals surface area contributed by atoms with Crippen molar-refractivity contribution < 1.29 is 4.79 Å². The lowest BCUT2D eigenvalue weighted by atomic mass is 10.1. The summed E-state index contributed by atoms with van der Waals surface area (Å²) < 4.78 is 2.82. The molecule has 20 heavy (non-hydrogen) atoms. The SMILES string of the molecule is CCn1cc(Br)cc1C(=O)NCc1ccccc1CN. The van der Waals surface area contributed by atoms with Crippen LogP contribution in [-0.2, 0) is 19.6 Å². The summed E-state index contributed by atoms with van der Waals surface area (Å²) in [5.74, 6) is -0.0793. The summed E-state index contributed by atoms with van der Waals surface area (Å²) in [6.45, 7) is 3.72. The highest BCUT2D eigenvalue weighted by Gasteiger charge is 2.12. The molecule has 0 aliphatic heterocycles. The molecule has 0 saturated heterocycles. The van der Waals surface area contributed by atoms with Crippen LogP contribution in [0.3, 0.4) is 0 Å².